The summed E-state index contributed by atoms with van der Waals surface area (Å²) in [5.41, 5.74) is 0.859. The number of benzene rings is 1. The molecule has 2 rings (SSSR count). The van der Waals surface area contributed by atoms with Crippen LogP contribution in [-0.4, -0.2) is 12.2 Å². The van der Waals surface area contributed by atoms with Gasteiger partial charge in [0.05, 0.1) is 12.1 Å². The minimum atomic E-state index is -0.613. The predicted molar refractivity (Wildman–Crippen MR) is 66.3 cm³/mol. The molecule has 0 saturated heterocycles. The Bertz CT molecular complexity index is 517. The van der Waals surface area contributed by atoms with Gasteiger partial charge in [0.15, 0.2) is 0 Å². The van der Waals surface area contributed by atoms with Crippen LogP contribution in [0.15, 0.2) is 34.7 Å². The molecule has 0 aliphatic carbocycles. The van der Waals surface area contributed by atoms with Gasteiger partial charge in [0, 0.05) is 5.56 Å². The molecule has 0 fully saturated rings. The third-order valence-electron chi connectivity index (χ3n) is 2.47. The van der Waals surface area contributed by atoms with Crippen molar-refractivity contribution in [2.24, 2.45) is 0 Å². The van der Waals surface area contributed by atoms with Gasteiger partial charge in [0.2, 0.25) is 0 Å². The summed E-state index contributed by atoms with van der Waals surface area (Å²) < 4.78 is 10.7. The summed E-state index contributed by atoms with van der Waals surface area (Å²) in [4.78, 5) is 0. The lowest BCUT2D eigenvalue weighted by Crippen LogP contribution is -1.86. The summed E-state index contributed by atoms with van der Waals surface area (Å²) in [5.74, 6) is 1.81. The maximum atomic E-state index is 9.39. The fourth-order valence-electron chi connectivity index (χ4n) is 1.55. The Kier molecular flexibility index (Phi) is 3.41. The minimum Gasteiger partial charge on any atom is -0.495 e. The normalized spacial score (nSPS) is 12.5. The molecule has 2 aromatic rings. The van der Waals surface area contributed by atoms with Crippen molar-refractivity contribution in [1.29, 1.82) is 0 Å². The first-order valence-electron chi connectivity index (χ1n) is 5.23. The maximum absolute atomic E-state index is 9.39. The van der Waals surface area contributed by atoms with Crippen LogP contribution < -0.4 is 4.74 Å². The highest BCUT2D eigenvalue weighted by Gasteiger charge is 2.10. The quantitative estimate of drug-likeness (QED) is 0.906. The van der Waals surface area contributed by atoms with Crippen LogP contribution in [0.25, 0.3) is 11.3 Å². The first-order chi connectivity index (χ1) is 8.11. The van der Waals surface area contributed by atoms with Crippen LogP contribution in [0.1, 0.15) is 18.8 Å². The van der Waals surface area contributed by atoms with Crippen molar-refractivity contribution in [3.63, 3.8) is 0 Å². The van der Waals surface area contributed by atoms with Crippen LogP contribution in [0.3, 0.4) is 0 Å². The Hall–Kier alpha value is -1.45. The lowest BCUT2D eigenvalue weighted by atomic mass is 10.1. The molecule has 0 aliphatic rings. The van der Waals surface area contributed by atoms with Crippen molar-refractivity contribution in [2.75, 3.05) is 7.11 Å². The van der Waals surface area contributed by atoms with Crippen LogP contribution in [0, 0.1) is 0 Å². The van der Waals surface area contributed by atoms with Crippen LogP contribution >= 0.6 is 11.6 Å². The molecule has 1 heterocycles. The molecule has 0 spiro atoms. The lowest BCUT2D eigenvalue weighted by Gasteiger charge is -2.05. The van der Waals surface area contributed by atoms with Crippen molar-refractivity contribution in [1.82, 2.24) is 0 Å². The average molecular weight is 253 g/mol. The number of rotatable bonds is 3. The highest BCUT2D eigenvalue weighted by atomic mass is 35.5. The third-order valence-corrected chi connectivity index (χ3v) is 2.79. The molecule has 0 amide bonds. The van der Waals surface area contributed by atoms with Crippen molar-refractivity contribution >= 4 is 11.6 Å². The molecule has 1 aromatic heterocycles. The largest absolute Gasteiger partial charge is 0.495 e. The van der Waals surface area contributed by atoms with Gasteiger partial charge in [-0.05, 0) is 37.3 Å². The number of ether oxygens (including phenoxy) is 1. The highest BCUT2D eigenvalue weighted by molar-refractivity contribution is 6.32. The molecule has 90 valence electrons. The van der Waals surface area contributed by atoms with Crippen LogP contribution in [0.2, 0.25) is 5.02 Å². The zero-order valence-corrected chi connectivity index (χ0v) is 10.4. The first-order valence-corrected chi connectivity index (χ1v) is 5.61. The van der Waals surface area contributed by atoms with E-state index in [1.807, 2.05) is 12.1 Å². The van der Waals surface area contributed by atoms with Gasteiger partial charge >= 0.3 is 0 Å². The Labute approximate surface area is 105 Å². The standard InChI is InChI=1S/C13H13ClO3/c1-8(15)11-5-6-12(17-11)9-3-4-10(14)13(7-9)16-2/h3-8,15H,1-2H3. The van der Waals surface area contributed by atoms with Gasteiger partial charge in [0.1, 0.15) is 23.4 Å². The number of furan rings is 1. The summed E-state index contributed by atoms with van der Waals surface area (Å²) >= 11 is 5.94. The van der Waals surface area contributed by atoms with E-state index in [2.05, 4.69) is 0 Å². The van der Waals surface area contributed by atoms with E-state index in [4.69, 9.17) is 20.8 Å². The summed E-state index contributed by atoms with van der Waals surface area (Å²) in [5, 5.41) is 9.94. The second-order valence-electron chi connectivity index (χ2n) is 3.73. The van der Waals surface area contributed by atoms with Gasteiger partial charge in [-0.3, -0.25) is 0 Å². The molecule has 1 atom stereocenters. The monoisotopic (exact) mass is 252 g/mol. The Morgan fingerprint density at radius 2 is 2.06 bits per heavy atom. The van der Waals surface area contributed by atoms with E-state index < -0.39 is 6.10 Å². The van der Waals surface area contributed by atoms with E-state index in [9.17, 15) is 5.11 Å². The summed E-state index contributed by atoms with van der Waals surface area (Å²) in [6, 6.07) is 8.95. The molecular weight excluding hydrogens is 240 g/mol. The van der Waals surface area contributed by atoms with E-state index in [1.54, 1.807) is 32.2 Å². The zero-order valence-electron chi connectivity index (χ0n) is 9.61. The van der Waals surface area contributed by atoms with Crippen molar-refractivity contribution in [3.05, 3.63) is 41.1 Å². The smallest absolute Gasteiger partial charge is 0.138 e. The molecule has 0 bridgehead atoms. The van der Waals surface area contributed by atoms with Gasteiger partial charge in [-0.25, -0.2) is 0 Å². The Morgan fingerprint density at radius 1 is 1.29 bits per heavy atom. The summed E-state index contributed by atoms with van der Waals surface area (Å²) in [6.07, 6.45) is -0.613. The van der Waals surface area contributed by atoms with Crippen molar-refractivity contribution < 1.29 is 14.3 Å². The summed E-state index contributed by atoms with van der Waals surface area (Å²) in [6.45, 7) is 1.66. The molecule has 1 aromatic carbocycles. The third kappa shape index (κ3) is 2.46. The van der Waals surface area contributed by atoms with Gasteiger partial charge in [-0.1, -0.05) is 11.6 Å². The van der Waals surface area contributed by atoms with Crippen LogP contribution in [-0.2, 0) is 0 Å². The van der Waals surface area contributed by atoms with Crippen LogP contribution in [0.4, 0.5) is 0 Å². The SMILES string of the molecule is COc1cc(-c2ccc(C(C)O)o2)ccc1Cl. The fraction of sp³-hybridized carbons (Fsp3) is 0.231. The number of methoxy groups -OCH3 is 1. The van der Waals surface area contributed by atoms with E-state index >= 15 is 0 Å². The number of aliphatic hydroxyl groups excluding tert-OH is 1. The molecule has 3 nitrogen and oxygen atoms in total. The van der Waals surface area contributed by atoms with E-state index in [0.29, 0.717) is 22.3 Å². The molecule has 0 saturated carbocycles. The van der Waals surface area contributed by atoms with E-state index in [0.717, 1.165) is 5.56 Å². The molecule has 17 heavy (non-hydrogen) atoms. The lowest BCUT2D eigenvalue weighted by molar-refractivity contribution is 0.170. The van der Waals surface area contributed by atoms with Gasteiger partial charge in [-0.2, -0.15) is 0 Å². The second-order valence-corrected chi connectivity index (χ2v) is 4.13. The predicted octanol–water partition coefficient (Wildman–Crippen LogP) is 3.66. The topological polar surface area (TPSA) is 42.6 Å². The number of hydrogen-bond acceptors (Lipinski definition) is 3. The highest BCUT2D eigenvalue weighted by Crippen LogP contribution is 2.32. The molecule has 0 radical (unpaired) electrons. The van der Waals surface area contributed by atoms with Gasteiger partial charge < -0.3 is 14.3 Å². The minimum absolute atomic E-state index is 0.536. The first kappa shape index (κ1) is 12.0. The molecule has 4 heteroatoms. The van der Waals surface area contributed by atoms with Gasteiger partial charge in [0.25, 0.3) is 0 Å². The molecular formula is C13H13ClO3. The maximum Gasteiger partial charge on any atom is 0.138 e. The van der Waals surface area contributed by atoms with E-state index in [1.165, 1.54) is 0 Å². The number of hydrogen-bond donors (Lipinski definition) is 1. The average Bonchev–Trinajstić information content (AvgIpc) is 2.79. The van der Waals surface area contributed by atoms with Crippen molar-refractivity contribution in [2.45, 2.75) is 13.0 Å². The number of halogens is 1. The van der Waals surface area contributed by atoms with Crippen LogP contribution in [0.5, 0.6) is 5.75 Å². The zero-order chi connectivity index (χ0) is 12.4. The summed E-state index contributed by atoms with van der Waals surface area (Å²) in [7, 11) is 1.56. The number of aliphatic hydroxyl groups is 1. The fourth-order valence-corrected chi connectivity index (χ4v) is 1.74. The second kappa shape index (κ2) is 4.82. The molecule has 1 unspecified atom stereocenters. The Balaban J connectivity index is 2.38. The molecule has 0 aliphatic heterocycles. The van der Waals surface area contributed by atoms with Crippen molar-refractivity contribution in [3.8, 4) is 17.1 Å². The van der Waals surface area contributed by atoms with E-state index in [-0.39, 0.29) is 0 Å². The van der Waals surface area contributed by atoms with Gasteiger partial charge in [-0.15, -0.1) is 0 Å². The molecule has 1 N–H and O–H groups in total. The Morgan fingerprint density at radius 3 is 2.65 bits per heavy atom.